The number of hydrogen-bond donors (Lipinski definition) is 0. The maximum absolute atomic E-state index is 5.99. The van der Waals surface area contributed by atoms with Crippen LogP contribution in [0.15, 0.2) is 12.1 Å². The fourth-order valence-electron chi connectivity index (χ4n) is 3.03. The van der Waals surface area contributed by atoms with Crippen molar-refractivity contribution >= 4 is 0 Å². The first-order chi connectivity index (χ1) is 9.48. The fraction of sp³-hybridized carbons (Fsp3) is 0.667. The van der Waals surface area contributed by atoms with Gasteiger partial charge in [-0.25, -0.2) is 0 Å². The Hall–Kier alpha value is -1.02. The van der Waals surface area contributed by atoms with Gasteiger partial charge in [-0.15, -0.1) is 0 Å². The zero-order chi connectivity index (χ0) is 15.0. The van der Waals surface area contributed by atoms with Gasteiger partial charge in [0.2, 0.25) is 0 Å². The molecule has 1 heterocycles. The highest BCUT2D eigenvalue weighted by Gasteiger charge is 2.49. The average molecular weight is 276 g/mol. The van der Waals surface area contributed by atoms with Gasteiger partial charge in [0, 0.05) is 23.7 Å². The normalized spacial score (nSPS) is 18.7. The minimum absolute atomic E-state index is 0.288. The van der Waals surface area contributed by atoms with E-state index in [0.29, 0.717) is 5.41 Å². The van der Waals surface area contributed by atoms with Crippen LogP contribution < -0.4 is 4.74 Å². The summed E-state index contributed by atoms with van der Waals surface area (Å²) < 4.78 is 11.6. The molecule has 2 aliphatic rings. The van der Waals surface area contributed by atoms with Crippen LogP contribution in [0, 0.1) is 6.92 Å². The topological polar surface area (TPSA) is 18.5 Å². The van der Waals surface area contributed by atoms with Crippen LogP contribution in [0.5, 0.6) is 5.75 Å². The first kappa shape index (κ1) is 15.4. The Morgan fingerprint density at radius 2 is 1.80 bits per heavy atom. The van der Waals surface area contributed by atoms with Crippen LogP contribution in [0.3, 0.4) is 0 Å². The molecule has 2 nitrogen and oxygen atoms in total. The predicted molar refractivity (Wildman–Crippen MR) is 83.6 cm³/mol. The second-order valence-electron chi connectivity index (χ2n) is 6.28. The molecule has 1 saturated carbocycles. The summed E-state index contributed by atoms with van der Waals surface area (Å²) in [5.41, 5.74) is 4.08. The van der Waals surface area contributed by atoms with Gasteiger partial charge in [0.1, 0.15) is 5.75 Å². The van der Waals surface area contributed by atoms with Gasteiger partial charge in [0.15, 0.2) is 0 Å². The maximum Gasteiger partial charge on any atom is 0.129 e. The van der Waals surface area contributed by atoms with Gasteiger partial charge in [-0.05, 0) is 46.1 Å². The van der Waals surface area contributed by atoms with Crippen LogP contribution in [0.2, 0.25) is 0 Å². The lowest BCUT2D eigenvalue weighted by Gasteiger charge is -2.33. The monoisotopic (exact) mass is 276 g/mol. The van der Waals surface area contributed by atoms with Crippen LogP contribution in [0.1, 0.15) is 63.6 Å². The number of methoxy groups -OCH3 is 1. The van der Waals surface area contributed by atoms with Gasteiger partial charge in [0.25, 0.3) is 0 Å². The Balaban J connectivity index is 0.000000704. The quantitative estimate of drug-likeness (QED) is 0.778. The van der Waals surface area contributed by atoms with Crippen molar-refractivity contribution in [2.45, 2.75) is 64.9 Å². The standard InChI is InChI=1S/C16H22O2.C2H6/c1-11-9-12(15(2,3)17-4)14-13(10-11)16(5-6-16)7-8-18-14;1-2/h9-10H,5-8H2,1-4H3;1-2H3. The van der Waals surface area contributed by atoms with E-state index < -0.39 is 0 Å². The Morgan fingerprint density at radius 3 is 2.35 bits per heavy atom. The number of fused-ring (bicyclic) bond motifs is 2. The van der Waals surface area contributed by atoms with Crippen molar-refractivity contribution in [1.29, 1.82) is 0 Å². The Bertz CT molecular complexity index is 484. The molecule has 1 aliphatic heterocycles. The van der Waals surface area contributed by atoms with Gasteiger partial charge in [0.05, 0.1) is 12.2 Å². The van der Waals surface area contributed by atoms with Crippen molar-refractivity contribution in [3.8, 4) is 5.75 Å². The summed E-state index contributed by atoms with van der Waals surface area (Å²) in [6.45, 7) is 11.2. The summed E-state index contributed by atoms with van der Waals surface area (Å²) in [4.78, 5) is 0. The highest BCUT2D eigenvalue weighted by molar-refractivity contribution is 5.53. The first-order valence-corrected chi connectivity index (χ1v) is 7.82. The van der Waals surface area contributed by atoms with Gasteiger partial charge < -0.3 is 9.47 Å². The van der Waals surface area contributed by atoms with E-state index in [4.69, 9.17) is 9.47 Å². The van der Waals surface area contributed by atoms with Crippen molar-refractivity contribution in [1.82, 2.24) is 0 Å². The van der Waals surface area contributed by atoms with Crippen molar-refractivity contribution in [2.24, 2.45) is 0 Å². The molecule has 20 heavy (non-hydrogen) atoms. The Labute approximate surface area is 123 Å². The molecule has 2 heteroatoms. The van der Waals surface area contributed by atoms with Crippen molar-refractivity contribution in [2.75, 3.05) is 13.7 Å². The number of benzene rings is 1. The lowest BCUT2D eigenvalue weighted by atomic mass is 9.83. The van der Waals surface area contributed by atoms with Crippen molar-refractivity contribution in [3.63, 3.8) is 0 Å². The molecule has 0 radical (unpaired) electrons. The SMILES string of the molecule is CC.COC(C)(C)c1cc(C)cc2c1OCCC21CC1. The summed E-state index contributed by atoms with van der Waals surface area (Å²) in [6.07, 6.45) is 3.82. The van der Waals surface area contributed by atoms with Gasteiger partial charge in [-0.3, -0.25) is 0 Å². The molecule has 3 rings (SSSR count). The molecule has 0 N–H and O–H groups in total. The van der Waals surface area contributed by atoms with Gasteiger partial charge in [-0.1, -0.05) is 25.5 Å². The third kappa shape index (κ3) is 2.46. The van der Waals surface area contributed by atoms with Crippen molar-refractivity contribution < 1.29 is 9.47 Å². The molecule has 0 saturated heterocycles. The Kier molecular flexibility index (Phi) is 4.15. The van der Waals surface area contributed by atoms with E-state index in [2.05, 4.69) is 32.9 Å². The molecule has 1 aromatic carbocycles. The zero-order valence-electron chi connectivity index (χ0n) is 13.8. The lowest BCUT2D eigenvalue weighted by molar-refractivity contribution is 0.0160. The minimum atomic E-state index is -0.288. The van der Waals surface area contributed by atoms with E-state index in [1.165, 1.54) is 36.0 Å². The molecule has 1 spiro atoms. The van der Waals surface area contributed by atoms with Crippen LogP contribution in [0.4, 0.5) is 0 Å². The van der Waals surface area contributed by atoms with E-state index >= 15 is 0 Å². The van der Waals surface area contributed by atoms with Crippen LogP contribution >= 0.6 is 0 Å². The van der Waals surface area contributed by atoms with E-state index in [-0.39, 0.29) is 5.60 Å². The first-order valence-electron chi connectivity index (χ1n) is 7.82. The van der Waals surface area contributed by atoms with E-state index in [1.54, 1.807) is 7.11 Å². The van der Waals surface area contributed by atoms with Gasteiger partial charge in [-0.2, -0.15) is 0 Å². The molecular formula is C18H28O2. The number of ether oxygens (including phenoxy) is 2. The summed E-state index contributed by atoms with van der Waals surface area (Å²) in [5, 5.41) is 0. The lowest BCUT2D eigenvalue weighted by Crippen LogP contribution is -2.26. The molecule has 0 amide bonds. The third-order valence-corrected chi connectivity index (χ3v) is 4.64. The zero-order valence-corrected chi connectivity index (χ0v) is 13.8. The van der Waals surface area contributed by atoms with E-state index in [9.17, 15) is 0 Å². The van der Waals surface area contributed by atoms with Crippen LogP contribution in [0.25, 0.3) is 0 Å². The highest BCUT2D eigenvalue weighted by atomic mass is 16.5. The third-order valence-electron chi connectivity index (χ3n) is 4.64. The summed E-state index contributed by atoms with van der Waals surface area (Å²) in [7, 11) is 1.77. The summed E-state index contributed by atoms with van der Waals surface area (Å²) in [5.74, 6) is 1.09. The average Bonchev–Trinajstić information content (AvgIpc) is 3.22. The van der Waals surface area contributed by atoms with Crippen molar-refractivity contribution in [3.05, 3.63) is 28.8 Å². The summed E-state index contributed by atoms with van der Waals surface area (Å²) in [6, 6.07) is 4.53. The number of hydrogen-bond acceptors (Lipinski definition) is 2. The Morgan fingerprint density at radius 1 is 1.15 bits per heavy atom. The van der Waals surface area contributed by atoms with Crippen LogP contribution in [-0.2, 0) is 15.8 Å². The molecule has 0 atom stereocenters. The highest BCUT2D eigenvalue weighted by Crippen LogP contribution is 2.57. The molecule has 1 aromatic rings. The predicted octanol–water partition coefficient (Wildman–Crippen LogP) is 4.72. The largest absolute Gasteiger partial charge is 0.493 e. The molecule has 112 valence electrons. The molecule has 0 bridgehead atoms. The molecule has 0 aromatic heterocycles. The second-order valence-corrected chi connectivity index (χ2v) is 6.28. The molecule has 1 aliphatic carbocycles. The van der Waals surface area contributed by atoms with E-state index in [1.807, 2.05) is 13.8 Å². The number of aryl methyl sites for hydroxylation is 1. The van der Waals surface area contributed by atoms with E-state index in [0.717, 1.165) is 12.4 Å². The van der Waals surface area contributed by atoms with Gasteiger partial charge >= 0.3 is 0 Å². The molecule has 1 fully saturated rings. The summed E-state index contributed by atoms with van der Waals surface area (Å²) >= 11 is 0. The van der Waals surface area contributed by atoms with Crippen LogP contribution in [-0.4, -0.2) is 13.7 Å². The molecule has 0 unspecified atom stereocenters. The second kappa shape index (κ2) is 5.40. The number of rotatable bonds is 2. The maximum atomic E-state index is 5.99. The molecular weight excluding hydrogens is 248 g/mol. The fourth-order valence-corrected chi connectivity index (χ4v) is 3.03. The minimum Gasteiger partial charge on any atom is -0.493 e. The smallest absolute Gasteiger partial charge is 0.129 e.